The summed E-state index contributed by atoms with van der Waals surface area (Å²) in [4.78, 5) is 28.9. The molecular weight excluding hydrogens is 434 g/mol. The van der Waals surface area contributed by atoms with E-state index < -0.39 is 11.5 Å². The molecular formula is C22H15N3O6S. The van der Waals surface area contributed by atoms with Gasteiger partial charge in [-0.1, -0.05) is 6.07 Å². The van der Waals surface area contributed by atoms with E-state index in [1.807, 2.05) is 16.0 Å². The van der Waals surface area contributed by atoms with Crippen LogP contribution in [-0.2, 0) is 6.61 Å². The number of benzene rings is 2. The van der Waals surface area contributed by atoms with E-state index in [4.69, 9.17) is 9.47 Å². The summed E-state index contributed by atoms with van der Waals surface area (Å²) in [5.74, 6) is 0.878. The number of thiazole rings is 1. The Balaban J connectivity index is 1.54. The summed E-state index contributed by atoms with van der Waals surface area (Å²) in [6, 6.07) is 9.54. The Morgan fingerprint density at radius 1 is 1.25 bits per heavy atom. The average molecular weight is 449 g/mol. The van der Waals surface area contributed by atoms with Crippen LogP contribution in [0.1, 0.15) is 21.6 Å². The molecule has 0 saturated carbocycles. The summed E-state index contributed by atoms with van der Waals surface area (Å²) in [7, 11) is 0. The van der Waals surface area contributed by atoms with E-state index in [-0.39, 0.29) is 23.8 Å². The smallest absolute Gasteiger partial charge is 0.275 e. The van der Waals surface area contributed by atoms with Crippen LogP contribution >= 0.6 is 11.3 Å². The summed E-state index contributed by atoms with van der Waals surface area (Å²) in [6.45, 7) is -0.314. The quantitative estimate of drug-likeness (QED) is 0.204. The van der Waals surface area contributed by atoms with Crippen LogP contribution in [0.15, 0.2) is 54.1 Å². The molecule has 2 aromatic heterocycles. The number of carbonyl (C=O) groups excluding carboxylic acids is 1. The molecule has 0 radical (unpaired) electrons. The number of aliphatic hydroxyl groups is 1. The van der Waals surface area contributed by atoms with Crippen molar-refractivity contribution in [1.29, 1.82) is 0 Å². The number of allylic oxidation sites excluding steroid dienone is 1. The zero-order valence-electron chi connectivity index (χ0n) is 16.4. The average Bonchev–Trinajstić information content (AvgIpc) is 3.52. The number of ether oxygens (including phenoxy) is 2. The minimum atomic E-state index is -0.536. The van der Waals surface area contributed by atoms with Gasteiger partial charge in [0.15, 0.2) is 22.2 Å². The molecule has 0 saturated heterocycles. The van der Waals surface area contributed by atoms with Gasteiger partial charge in [-0.25, -0.2) is 4.98 Å². The Morgan fingerprint density at radius 3 is 2.91 bits per heavy atom. The van der Waals surface area contributed by atoms with Crippen molar-refractivity contribution in [3.05, 3.63) is 81.0 Å². The van der Waals surface area contributed by atoms with E-state index in [1.54, 1.807) is 30.3 Å². The zero-order valence-corrected chi connectivity index (χ0v) is 17.2. The molecule has 4 aromatic rings. The molecule has 0 fully saturated rings. The van der Waals surface area contributed by atoms with Crippen LogP contribution in [0.4, 0.5) is 5.69 Å². The molecule has 1 aliphatic heterocycles. The number of imidazole rings is 1. The second-order valence-corrected chi connectivity index (χ2v) is 7.80. The van der Waals surface area contributed by atoms with Gasteiger partial charge in [-0.05, 0) is 36.4 Å². The summed E-state index contributed by atoms with van der Waals surface area (Å²) < 4.78 is 12.4. The molecule has 5 rings (SSSR count). The molecule has 32 heavy (non-hydrogen) atoms. The summed E-state index contributed by atoms with van der Waals surface area (Å²) in [5.41, 5.74) is 2.10. The van der Waals surface area contributed by atoms with Crippen LogP contribution in [0.2, 0.25) is 0 Å². The first kappa shape index (κ1) is 19.9. The fourth-order valence-electron chi connectivity index (χ4n) is 3.49. The Morgan fingerprint density at radius 2 is 2.09 bits per heavy atom. The zero-order chi connectivity index (χ0) is 22.2. The molecule has 0 unspecified atom stereocenters. The molecule has 10 heteroatoms. The van der Waals surface area contributed by atoms with Gasteiger partial charge in [-0.3, -0.25) is 19.3 Å². The molecule has 2 aromatic carbocycles. The monoisotopic (exact) mass is 449 g/mol. The van der Waals surface area contributed by atoms with E-state index in [9.17, 15) is 20.0 Å². The first-order chi connectivity index (χ1) is 15.5. The van der Waals surface area contributed by atoms with Crippen LogP contribution in [-0.4, -0.2) is 32.0 Å². The van der Waals surface area contributed by atoms with E-state index >= 15 is 0 Å². The van der Waals surface area contributed by atoms with Crippen LogP contribution in [0.5, 0.6) is 11.5 Å². The van der Waals surface area contributed by atoms with E-state index in [0.717, 1.165) is 0 Å². The number of nitro benzene ring substituents is 1. The van der Waals surface area contributed by atoms with Gasteiger partial charge in [-0.2, -0.15) is 0 Å². The Labute approximate surface area is 184 Å². The Hall–Kier alpha value is -4.02. The molecule has 0 spiro atoms. The first-order valence-electron chi connectivity index (χ1n) is 9.51. The molecule has 3 heterocycles. The van der Waals surface area contributed by atoms with E-state index in [0.29, 0.717) is 39.0 Å². The minimum Gasteiger partial charge on any atom is -0.454 e. The number of aromatic nitrogens is 2. The SMILES string of the molecule is O=C(/C=C/c1c(-c2ccc(CO)c([N+](=O)[O-])c2)nc2sccn12)c1ccc2c(c1)OCO2. The summed E-state index contributed by atoms with van der Waals surface area (Å²) >= 11 is 1.41. The van der Waals surface area contributed by atoms with Crippen molar-refractivity contribution in [1.82, 2.24) is 9.38 Å². The highest BCUT2D eigenvalue weighted by molar-refractivity contribution is 7.15. The molecule has 0 atom stereocenters. The summed E-state index contributed by atoms with van der Waals surface area (Å²) in [5, 5.41) is 22.7. The van der Waals surface area contributed by atoms with Crippen molar-refractivity contribution in [2.45, 2.75) is 6.61 Å². The number of aliphatic hydroxyl groups excluding tert-OH is 1. The number of ketones is 1. The highest BCUT2D eigenvalue weighted by Gasteiger charge is 2.20. The fraction of sp³-hybridized carbons (Fsp3) is 0.0909. The highest BCUT2D eigenvalue weighted by atomic mass is 32.1. The van der Waals surface area contributed by atoms with Crippen LogP contribution in [0.25, 0.3) is 22.3 Å². The number of fused-ring (bicyclic) bond motifs is 2. The minimum absolute atomic E-state index is 0.124. The van der Waals surface area contributed by atoms with E-state index in [1.165, 1.54) is 29.5 Å². The van der Waals surface area contributed by atoms with Gasteiger partial charge >= 0.3 is 0 Å². The number of hydrogen-bond acceptors (Lipinski definition) is 8. The van der Waals surface area contributed by atoms with Gasteiger partial charge in [0.1, 0.15) is 0 Å². The largest absolute Gasteiger partial charge is 0.454 e. The van der Waals surface area contributed by atoms with Gasteiger partial charge in [-0.15, -0.1) is 11.3 Å². The predicted octanol–water partition coefficient (Wildman–Crippen LogP) is 4.09. The van der Waals surface area contributed by atoms with E-state index in [2.05, 4.69) is 4.98 Å². The molecule has 1 aliphatic rings. The molecule has 0 bridgehead atoms. The number of hydrogen-bond donors (Lipinski definition) is 1. The van der Waals surface area contributed by atoms with Gasteiger partial charge in [0.05, 0.1) is 28.5 Å². The molecule has 0 aliphatic carbocycles. The topological polar surface area (TPSA) is 116 Å². The van der Waals surface area contributed by atoms with Crippen molar-refractivity contribution >= 4 is 33.8 Å². The maximum atomic E-state index is 12.8. The predicted molar refractivity (Wildman–Crippen MR) is 117 cm³/mol. The van der Waals surface area contributed by atoms with Crippen molar-refractivity contribution in [2.24, 2.45) is 0 Å². The number of nitrogens with zero attached hydrogens (tertiary/aromatic N) is 3. The lowest BCUT2D eigenvalue weighted by Gasteiger charge is -2.04. The van der Waals surface area contributed by atoms with Gasteiger partial charge in [0.25, 0.3) is 5.69 Å². The number of nitro groups is 1. The lowest BCUT2D eigenvalue weighted by atomic mass is 10.0. The molecule has 0 amide bonds. The second kappa shape index (κ2) is 7.91. The third-order valence-corrected chi connectivity index (χ3v) is 5.83. The Bertz CT molecular complexity index is 1400. The standard InChI is InChI=1S/C22H15N3O6S/c26-11-15-2-1-14(9-17(15)25(28)29)21-16(24-7-8-32-22(24)23-21)4-5-18(27)13-3-6-19-20(10-13)31-12-30-19/h1-10,26H,11-12H2/b5-4+. The third kappa shape index (κ3) is 3.41. The number of rotatable bonds is 6. The molecule has 160 valence electrons. The number of carbonyl (C=O) groups is 1. The lowest BCUT2D eigenvalue weighted by molar-refractivity contribution is -0.385. The van der Waals surface area contributed by atoms with Crippen LogP contribution in [0, 0.1) is 10.1 Å². The van der Waals surface area contributed by atoms with Crippen LogP contribution in [0.3, 0.4) is 0 Å². The molecule has 1 N–H and O–H groups in total. The lowest BCUT2D eigenvalue weighted by Crippen LogP contribution is -1.97. The van der Waals surface area contributed by atoms with Gasteiger partial charge < -0.3 is 14.6 Å². The normalized spacial score (nSPS) is 12.7. The van der Waals surface area contributed by atoms with Crippen molar-refractivity contribution in [2.75, 3.05) is 6.79 Å². The van der Waals surface area contributed by atoms with Crippen molar-refractivity contribution in [3.63, 3.8) is 0 Å². The van der Waals surface area contributed by atoms with Gasteiger partial charge in [0.2, 0.25) is 6.79 Å². The van der Waals surface area contributed by atoms with Crippen LogP contribution < -0.4 is 9.47 Å². The van der Waals surface area contributed by atoms with Crippen molar-refractivity contribution < 1.29 is 24.3 Å². The van der Waals surface area contributed by atoms with Crippen molar-refractivity contribution in [3.8, 4) is 22.8 Å². The maximum absolute atomic E-state index is 12.8. The first-order valence-corrected chi connectivity index (χ1v) is 10.4. The third-order valence-electron chi connectivity index (χ3n) is 5.07. The molecule has 9 nitrogen and oxygen atoms in total. The van der Waals surface area contributed by atoms with Gasteiger partial charge in [0, 0.05) is 28.8 Å². The highest BCUT2D eigenvalue weighted by Crippen LogP contribution is 2.34. The maximum Gasteiger partial charge on any atom is 0.275 e. The summed E-state index contributed by atoms with van der Waals surface area (Å²) in [6.07, 6.45) is 4.89. The second-order valence-electron chi connectivity index (χ2n) is 6.93. The fourth-order valence-corrected chi connectivity index (χ4v) is 4.21. The Kier molecular flexibility index (Phi) is 4.92.